The van der Waals surface area contributed by atoms with Gasteiger partial charge >= 0.3 is 0 Å². The second-order valence-corrected chi connectivity index (χ2v) is 10.1. The van der Waals surface area contributed by atoms with Gasteiger partial charge in [-0.05, 0) is 36.2 Å². The van der Waals surface area contributed by atoms with Crippen molar-refractivity contribution in [2.24, 2.45) is 7.05 Å². The molecule has 0 unspecified atom stereocenters. The van der Waals surface area contributed by atoms with Gasteiger partial charge in [-0.25, -0.2) is 4.98 Å². The number of para-hydroxylation sites is 2. The fourth-order valence-corrected chi connectivity index (χ4v) is 5.53. The fourth-order valence-electron chi connectivity index (χ4n) is 4.43. The van der Waals surface area contributed by atoms with E-state index in [2.05, 4.69) is 4.90 Å². The van der Waals surface area contributed by atoms with Crippen molar-refractivity contribution >= 4 is 35.0 Å². The molecule has 1 aliphatic heterocycles. The molecule has 1 aromatic heterocycles. The largest absolute Gasteiger partial charge is 0.495 e. The van der Waals surface area contributed by atoms with Gasteiger partial charge in [-0.1, -0.05) is 54.6 Å². The first kappa shape index (κ1) is 26.1. The van der Waals surface area contributed by atoms with Crippen molar-refractivity contribution in [3.8, 4) is 5.75 Å². The summed E-state index contributed by atoms with van der Waals surface area (Å²) in [6.45, 7) is 4.76. The van der Waals surface area contributed by atoms with Crippen LogP contribution in [-0.2, 0) is 24.7 Å². The lowest BCUT2D eigenvalue weighted by Crippen LogP contribution is -2.49. The Morgan fingerprint density at radius 3 is 2.56 bits per heavy atom. The highest BCUT2D eigenvalue weighted by Gasteiger charge is 2.24. The van der Waals surface area contributed by atoms with E-state index in [0.29, 0.717) is 41.7 Å². The van der Waals surface area contributed by atoms with E-state index in [1.165, 1.54) is 11.8 Å². The van der Waals surface area contributed by atoms with Gasteiger partial charge < -0.3 is 14.5 Å². The predicted molar refractivity (Wildman–Crippen MR) is 146 cm³/mol. The fraction of sp³-hybridized carbons (Fsp3) is 0.370. The molecule has 0 saturated carbocycles. The zero-order chi connectivity index (χ0) is 25.7. The Kier molecular flexibility index (Phi) is 8.59. The van der Waals surface area contributed by atoms with Crippen molar-refractivity contribution in [3.63, 3.8) is 0 Å². The van der Waals surface area contributed by atoms with E-state index in [1.54, 1.807) is 18.7 Å². The number of hydrogen-bond donors (Lipinski definition) is 0. The van der Waals surface area contributed by atoms with Crippen molar-refractivity contribution in [1.29, 1.82) is 0 Å². The smallest absolute Gasteiger partial charge is 0.257 e. The number of ether oxygens (including phenoxy) is 1. The molecule has 2 heterocycles. The first-order valence-electron chi connectivity index (χ1n) is 12.0. The van der Waals surface area contributed by atoms with Crippen LogP contribution >= 0.6 is 23.4 Å². The third-order valence-corrected chi connectivity index (χ3v) is 7.67. The number of amides is 1. The van der Waals surface area contributed by atoms with Crippen LogP contribution in [-0.4, -0.2) is 59.4 Å². The van der Waals surface area contributed by atoms with Gasteiger partial charge in [-0.15, -0.1) is 0 Å². The second kappa shape index (κ2) is 11.8. The van der Waals surface area contributed by atoms with Crippen LogP contribution in [0.3, 0.4) is 0 Å². The number of carbonyl (C=O) groups excluding carboxylic acids is 1. The zero-order valence-electron chi connectivity index (χ0n) is 20.9. The number of rotatable bonds is 8. The monoisotopic (exact) mass is 526 g/mol. The van der Waals surface area contributed by atoms with Gasteiger partial charge in [0.15, 0.2) is 5.16 Å². The molecular weight excluding hydrogens is 496 g/mol. The highest BCUT2D eigenvalue weighted by atomic mass is 35.5. The summed E-state index contributed by atoms with van der Waals surface area (Å²) in [6.07, 6.45) is 1.11. The van der Waals surface area contributed by atoms with E-state index in [1.807, 2.05) is 60.4 Å². The lowest BCUT2D eigenvalue weighted by atomic mass is 10.0. The third-order valence-electron chi connectivity index (χ3n) is 6.42. The molecule has 190 valence electrons. The average molecular weight is 527 g/mol. The zero-order valence-corrected chi connectivity index (χ0v) is 22.4. The van der Waals surface area contributed by atoms with Crippen LogP contribution in [0, 0.1) is 0 Å². The third kappa shape index (κ3) is 5.87. The lowest BCUT2D eigenvalue weighted by Gasteiger charge is -2.36. The number of anilines is 1. The van der Waals surface area contributed by atoms with Crippen molar-refractivity contribution in [2.75, 3.05) is 43.9 Å². The average Bonchev–Trinajstić information content (AvgIpc) is 2.91. The Labute approximate surface area is 221 Å². The van der Waals surface area contributed by atoms with E-state index >= 15 is 0 Å². The summed E-state index contributed by atoms with van der Waals surface area (Å²) >= 11 is 7.44. The quantitative estimate of drug-likeness (QED) is 0.326. The summed E-state index contributed by atoms with van der Waals surface area (Å²) in [5.41, 5.74) is 3.37. The van der Waals surface area contributed by atoms with Crippen LogP contribution in [0.5, 0.6) is 5.75 Å². The molecule has 1 aliphatic rings. The van der Waals surface area contributed by atoms with Crippen molar-refractivity contribution in [3.05, 3.63) is 80.7 Å². The SMILES string of the molecule is CCc1nc(SCC(=O)N2CCN(c3ccccc3OC)CC2)n(C)c(=O)c1Cc1cccc(Cl)c1. The van der Waals surface area contributed by atoms with Crippen molar-refractivity contribution in [2.45, 2.75) is 24.9 Å². The minimum atomic E-state index is -0.0813. The van der Waals surface area contributed by atoms with E-state index < -0.39 is 0 Å². The topological polar surface area (TPSA) is 67.7 Å². The highest BCUT2D eigenvalue weighted by molar-refractivity contribution is 7.99. The van der Waals surface area contributed by atoms with Crippen molar-refractivity contribution in [1.82, 2.24) is 14.5 Å². The van der Waals surface area contributed by atoms with Gasteiger partial charge in [0.25, 0.3) is 5.56 Å². The molecule has 4 rings (SSSR count). The molecule has 9 heteroatoms. The number of piperazine rings is 1. The first-order valence-corrected chi connectivity index (χ1v) is 13.4. The molecule has 2 aromatic carbocycles. The van der Waals surface area contributed by atoms with Crippen molar-refractivity contribution < 1.29 is 9.53 Å². The molecule has 0 aliphatic carbocycles. The highest BCUT2D eigenvalue weighted by Crippen LogP contribution is 2.28. The molecule has 0 bridgehead atoms. The number of aromatic nitrogens is 2. The molecule has 3 aromatic rings. The van der Waals surface area contributed by atoms with Gasteiger partial charge in [-0.2, -0.15) is 0 Å². The Hall–Kier alpha value is -2.97. The number of methoxy groups -OCH3 is 1. The van der Waals surface area contributed by atoms with Crippen LogP contribution in [0.25, 0.3) is 0 Å². The molecule has 1 fully saturated rings. The van der Waals surface area contributed by atoms with E-state index in [0.717, 1.165) is 35.8 Å². The summed E-state index contributed by atoms with van der Waals surface area (Å²) in [5, 5.41) is 1.21. The van der Waals surface area contributed by atoms with Crippen LogP contribution in [0.2, 0.25) is 5.02 Å². The number of benzene rings is 2. The minimum Gasteiger partial charge on any atom is -0.495 e. The molecule has 0 radical (unpaired) electrons. The molecule has 7 nitrogen and oxygen atoms in total. The Bertz CT molecular complexity index is 1290. The first-order chi connectivity index (χ1) is 17.4. The van der Waals surface area contributed by atoms with Gasteiger partial charge in [0.05, 0.1) is 24.2 Å². The molecule has 0 N–H and O–H groups in total. The molecular formula is C27H31ClN4O3S. The Morgan fingerprint density at radius 1 is 1.11 bits per heavy atom. The van der Waals surface area contributed by atoms with Crippen LogP contribution in [0.4, 0.5) is 5.69 Å². The Balaban J connectivity index is 1.40. The number of aryl methyl sites for hydroxylation is 1. The summed E-state index contributed by atoms with van der Waals surface area (Å²) in [7, 11) is 3.39. The maximum absolute atomic E-state index is 13.2. The molecule has 1 saturated heterocycles. The van der Waals surface area contributed by atoms with Gasteiger partial charge in [0.1, 0.15) is 5.75 Å². The van der Waals surface area contributed by atoms with E-state index in [-0.39, 0.29) is 17.2 Å². The van der Waals surface area contributed by atoms with Crippen LogP contribution < -0.4 is 15.2 Å². The predicted octanol–water partition coefficient (Wildman–Crippen LogP) is 4.04. The number of halogens is 1. The van der Waals surface area contributed by atoms with Gasteiger partial charge in [-0.3, -0.25) is 14.2 Å². The molecule has 36 heavy (non-hydrogen) atoms. The molecule has 0 atom stereocenters. The lowest BCUT2D eigenvalue weighted by molar-refractivity contribution is -0.128. The normalized spacial score (nSPS) is 13.7. The van der Waals surface area contributed by atoms with Gasteiger partial charge in [0, 0.05) is 50.2 Å². The minimum absolute atomic E-state index is 0.0509. The number of hydrogen-bond acceptors (Lipinski definition) is 6. The van der Waals surface area contributed by atoms with Crippen LogP contribution in [0.1, 0.15) is 23.7 Å². The maximum atomic E-state index is 13.2. The van der Waals surface area contributed by atoms with E-state index in [9.17, 15) is 9.59 Å². The summed E-state index contributed by atoms with van der Waals surface area (Å²) in [5.74, 6) is 1.13. The summed E-state index contributed by atoms with van der Waals surface area (Å²) in [4.78, 5) is 35.0. The van der Waals surface area contributed by atoms with E-state index in [4.69, 9.17) is 21.3 Å². The summed E-state index contributed by atoms with van der Waals surface area (Å²) < 4.78 is 7.03. The second-order valence-electron chi connectivity index (χ2n) is 8.67. The molecule has 0 spiro atoms. The molecule has 1 amide bonds. The van der Waals surface area contributed by atoms with Crippen LogP contribution in [0.15, 0.2) is 58.5 Å². The summed E-state index contributed by atoms with van der Waals surface area (Å²) in [6, 6.07) is 15.5. The number of nitrogens with zero attached hydrogens (tertiary/aromatic N) is 4. The maximum Gasteiger partial charge on any atom is 0.257 e. The van der Waals surface area contributed by atoms with Gasteiger partial charge in [0.2, 0.25) is 5.91 Å². The standard InChI is InChI=1S/C27H31ClN4O3S/c1-4-22-21(17-19-8-7-9-20(28)16-19)26(34)30(2)27(29-22)36-18-25(33)32-14-12-31(13-15-32)23-10-5-6-11-24(23)35-3/h5-11,16H,4,12-15,17-18H2,1-3H3. The Morgan fingerprint density at radius 2 is 1.86 bits per heavy atom. The number of thioether (sulfide) groups is 1. The number of carbonyl (C=O) groups is 1.